The number of benzene rings is 1. The second-order valence-electron chi connectivity index (χ2n) is 3.85. The average molecular weight is 271 g/mol. The number of halogens is 1. The van der Waals surface area contributed by atoms with Crippen LogP contribution in [-0.4, -0.2) is 21.1 Å². The van der Waals surface area contributed by atoms with Crippen LogP contribution in [0.1, 0.15) is 20.8 Å². The van der Waals surface area contributed by atoms with Gasteiger partial charge in [-0.3, -0.25) is 0 Å². The molecule has 0 atom stereocenters. The van der Waals surface area contributed by atoms with Crippen LogP contribution in [0.2, 0.25) is 3.43 Å². The Morgan fingerprint density at radius 2 is 1.75 bits per heavy atom. The molecule has 0 fully saturated rings. The van der Waals surface area contributed by atoms with Crippen LogP contribution in [-0.2, 0) is 0 Å². The molecule has 0 aliphatic rings. The molecule has 1 rings (SSSR count). The third-order valence-corrected chi connectivity index (χ3v) is 5.45. The monoisotopic (exact) mass is 272 g/mol. The molecular weight excluding hydrogens is 258 g/mol. The summed E-state index contributed by atoms with van der Waals surface area (Å²) in [5.41, 5.74) is 0. The zero-order valence-electron chi connectivity index (χ0n) is 7.69. The van der Waals surface area contributed by atoms with Crippen molar-refractivity contribution >= 4 is 24.7 Å². The molecule has 64 valence electrons. The van der Waals surface area contributed by atoms with Crippen LogP contribution in [0, 0.1) is 5.82 Å². The minimum atomic E-state index is -0.761. The Labute approximate surface area is 83.4 Å². The molecule has 0 saturated carbocycles. The standard InChI is InChI=1S/C6H4F.C4H9.Sn/c7-6-4-2-1-3-5-6;1-4(2)3;/h1-4H;1-3H3;. The van der Waals surface area contributed by atoms with Gasteiger partial charge < -0.3 is 0 Å². The van der Waals surface area contributed by atoms with Crippen LogP contribution < -0.4 is 3.58 Å². The molecule has 0 aromatic heterocycles. The predicted molar refractivity (Wildman–Crippen MR) is 51.5 cm³/mol. The first-order valence-corrected chi connectivity index (χ1v) is 6.87. The maximum atomic E-state index is 13.2. The summed E-state index contributed by atoms with van der Waals surface area (Å²) in [6.07, 6.45) is 0. The van der Waals surface area contributed by atoms with Crippen molar-refractivity contribution in [3.05, 3.63) is 30.1 Å². The normalized spacial score (nSPS) is 11.7. The number of hydrogen-bond acceptors (Lipinski definition) is 0. The van der Waals surface area contributed by atoms with Crippen LogP contribution in [0.15, 0.2) is 24.3 Å². The molecule has 2 heteroatoms. The van der Waals surface area contributed by atoms with Crippen LogP contribution in [0.25, 0.3) is 0 Å². The SMILES string of the molecule is C[C](C)(C)[Sn][c]1ccccc1F. The van der Waals surface area contributed by atoms with E-state index < -0.39 is 21.1 Å². The van der Waals surface area contributed by atoms with Gasteiger partial charge in [-0.15, -0.1) is 0 Å². The van der Waals surface area contributed by atoms with Crippen LogP contribution in [0.4, 0.5) is 4.39 Å². The molecular formula is C10H13FSn. The Kier molecular flexibility index (Phi) is 3.15. The van der Waals surface area contributed by atoms with Crippen molar-refractivity contribution in [3.8, 4) is 0 Å². The van der Waals surface area contributed by atoms with Gasteiger partial charge in [-0.05, 0) is 0 Å². The molecule has 0 bridgehead atoms. The quantitative estimate of drug-likeness (QED) is 0.688. The van der Waals surface area contributed by atoms with Crippen LogP contribution in [0.3, 0.4) is 0 Å². The first kappa shape index (κ1) is 10.0. The van der Waals surface area contributed by atoms with E-state index in [0.29, 0.717) is 3.43 Å². The van der Waals surface area contributed by atoms with Crippen LogP contribution in [0.5, 0.6) is 0 Å². The van der Waals surface area contributed by atoms with Gasteiger partial charge in [0.1, 0.15) is 0 Å². The van der Waals surface area contributed by atoms with Crippen molar-refractivity contribution in [3.63, 3.8) is 0 Å². The molecule has 0 N–H and O–H groups in total. The summed E-state index contributed by atoms with van der Waals surface area (Å²) in [5, 5.41) is 0. The van der Waals surface area contributed by atoms with Gasteiger partial charge in [0, 0.05) is 0 Å². The van der Waals surface area contributed by atoms with Gasteiger partial charge in [-0.25, -0.2) is 0 Å². The molecule has 0 unspecified atom stereocenters. The molecule has 0 nitrogen and oxygen atoms in total. The Balaban J connectivity index is 2.83. The summed E-state index contributed by atoms with van der Waals surface area (Å²) in [7, 11) is 0. The third-order valence-electron chi connectivity index (χ3n) is 1.38. The maximum absolute atomic E-state index is 13.2. The van der Waals surface area contributed by atoms with Crippen LogP contribution >= 0.6 is 0 Å². The zero-order chi connectivity index (χ0) is 9.19. The Hall–Kier alpha value is -0.0513. The molecule has 1 aromatic carbocycles. The van der Waals surface area contributed by atoms with E-state index >= 15 is 0 Å². The molecule has 0 aliphatic carbocycles. The fraction of sp³-hybridized carbons (Fsp3) is 0.400. The van der Waals surface area contributed by atoms with Gasteiger partial charge in [-0.1, -0.05) is 0 Å². The van der Waals surface area contributed by atoms with Gasteiger partial charge >= 0.3 is 83.4 Å². The summed E-state index contributed by atoms with van der Waals surface area (Å²) in [6.45, 7) is 6.56. The molecule has 0 aliphatic heterocycles. The first-order chi connectivity index (χ1) is 5.49. The Morgan fingerprint density at radius 3 is 2.25 bits per heavy atom. The van der Waals surface area contributed by atoms with Gasteiger partial charge in [0.05, 0.1) is 0 Å². The molecule has 2 radical (unpaired) electrons. The fourth-order valence-corrected chi connectivity index (χ4v) is 4.36. The predicted octanol–water partition coefficient (Wildman–Crippen LogP) is 2.37. The van der Waals surface area contributed by atoms with Crippen molar-refractivity contribution < 1.29 is 4.39 Å². The van der Waals surface area contributed by atoms with E-state index in [1.165, 1.54) is 0 Å². The van der Waals surface area contributed by atoms with E-state index in [4.69, 9.17) is 0 Å². The van der Waals surface area contributed by atoms with Gasteiger partial charge in [0.25, 0.3) is 0 Å². The molecule has 0 spiro atoms. The van der Waals surface area contributed by atoms with Crippen molar-refractivity contribution in [2.45, 2.75) is 24.2 Å². The molecule has 12 heavy (non-hydrogen) atoms. The van der Waals surface area contributed by atoms with Gasteiger partial charge in [-0.2, -0.15) is 0 Å². The minimum absolute atomic E-state index is 0.0148. The second kappa shape index (κ2) is 3.77. The van der Waals surface area contributed by atoms with Crippen molar-refractivity contribution in [1.82, 2.24) is 0 Å². The number of hydrogen-bond donors (Lipinski definition) is 0. The number of rotatable bonds is 1. The summed E-state index contributed by atoms with van der Waals surface area (Å²) in [4.78, 5) is 0. The van der Waals surface area contributed by atoms with E-state index in [0.717, 1.165) is 3.58 Å². The fourth-order valence-electron chi connectivity index (χ4n) is 0.967. The van der Waals surface area contributed by atoms with E-state index in [1.807, 2.05) is 12.1 Å². The van der Waals surface area contributed by atoms with E-state index in [1.54, 1.807) is 12.1 Å². The van der Waals surface area contributed by atoms with Gasteiger partial charge in [0.15, 0.2) is 0 Å². The van der Waals surface area contributed by atoms with Crippen molar-refractivity contribution in [2.75, 3.05) is 0 Å². The summed E-state index contributed by atoms with van der Waals surface area (Å²) < 4.78 is 14.5. The molecule has 0 heterocycles. The Bertz CT molecular complexity index is 263. The van der Waals surface area contributed by atoms with E-state index in [-0.39, 0.29) is 5.82 Å². The van der Waals surface area contributed by atoms with E-state index in [9.17, 15) is 4.39 Å². The average Bonchev–Trinajstić information content (AvgIpc) is 1.91. The first-order valence-electron chi connectivity index (χ1n) is 4.02. The zero-order valence-corrected chi connectivity index (χ0v) is 10.5. The van der Waals surface area contributed by atoms with Crippen molar-refractivity contribution in [2.24, 2.45) is 0 Å². The molecule has 0 amide bonds. The summed E-state index contributed by atoms with van der Waals surface area (Å²) in [5.74, 6) is -0.0148. The van der Waals surface area contributed by atoms with Gasteiger partial charge in [0.2, 0.25) is 0 Å². The topological polar surface area (TPSA) is 0 Å². The van der Waals surface area contributed by atoms with Crippen molar-refractivity contribution in [1.29, 1.82) is 0 Å². The third kappa shape index (κ3) is 3.13. The molecule has 0 saturated heterocycles. The second-order valence-corrected chi connectivity index (χ2v) is 10.4. The van der Waals surface area contributed by atoms with E-state index in [2.05, 4.69) is 20.8 Å². The molecule has 1 aromatic rings. The Morgan fingerprint density at radius 1 is 1.17 bits per heavy atom. The summed E-state index contributed by atoms with van der Waals surface area (Å²) in [6, 6.07) is 7.15. The summed E-state index contributed by atoms with van der Waals surface area (Å²) >= 11 is -0.761.